The van der Waals surface area contributed by atoms with E-state index in [4.69, 9.17) is 4.74 Å². The number of benzene rings is 3. The molecule has 2 saturated heterocycles. The molecule has 0 aromatic heterocycles. The number of piperidine rings is 2. The first kappa shape index (κ1) is 26.5. The van der Waals surface area contributed by atoms with Crippen molar-refractivity contribution in [3.63, 3.8) is 0 Å². The van der Waals surface area contributed by atoms with Gasteiger partial charge in [-0.3, -0.25) is 9.69 Å². The summed E-state index contributed by atoms with van der Waals surface area (Å²) in [5.74, 6) is 0.129. The van der Waals surface area contributed by atoms with Gasteiger partial charge in [-0.1, -0.05) is 48.5 Å². The summed E-state index contributed by atoms with van der Waals surface area (Å²) in [6, 6.07) is 19.2. The first-order valence-corrected chi connectivity index (χ1v) is 14.3. The topological polar surface area (TPSA) is 53.1 Å². The summed E-state index contributed by atoms with van der Waals surface area (Å²) in [5.41, 5.74) is 0.821. The van der Waals surface area contributed by atoms with Crippen LogP contribution in [0.25, 0.3) is 21.5 Å². The molecule has 2 aliphatic heterocycles. The highest BCUT2D eigenvalue weighted by molar-refractivity contribution is 6.18. The normalized spacial score (nSPS) is 19.4. The van der Waals surface area contributed by atoms with E-state index in [9.17, 15) is 9.59 Å². The Balaban J connectivity index is 1.25. The maximum atomic E-state index is 13.9. The molecule has 0 aliphatic carbocycles. The second kappa shape index (κ2) is 11.3. The summed E-state index contributed by atoms with van der Waals surface area (Å²) < 4.78 is 5.98. The highest BCUT2D eigenvalue weighted by atomic mass is 16.6. The van der Waals surface area contributed by atoms with Gasteiger partial charge in [0, 0.05) is 37.8 Å². The van der Waals surface area contributed by atoms with Crippen LogP contribution in [-0.4, -0.2) is 77.1 Å². The molecule has 1 atom stereocenters. The van der Waals surface area contributed by atoms with Crippen LogP contribution in [0.2, 0.25) is 0 Å². The Labute approximate surface area is 226 Å². The average Bonchev–Trinajstić information content (AvgIpc) is 2.91. The summed E-state index contributed by atoms with van der Waals surface area (Å²) in [4.78, 5) is 33.1. The largest absolute Gasteiger partial charge is 0.445 e. The van der Waals surface area contributed by atoms with Gasteiger partial charge in [-0.15, -0.1) is 0 Å². The lowest BCUT2D eigenvalue weighted by molar-refractivity contribution is -0.00719. The Morgan fingerprint density at radius 3 is 2.00 bits per heavy atom. The second-order valence-electron chi connectivity index (χ2n) is 11.5. The third kappa shape index (κ3) is 5.37. The van der Waals surface area contributed by atoms with Crippen LogP contribution in [0.5, 0.6) is 0 Å². The molecule has 5 rings (SSSR count). The van der Waals surface area contributed by atoms with Crippen LogP contribution in [0.1, 0.15) is 63.7 Å². The third-order valence-electron chi connectivity index (χ3n) is 8.25. The van der Waals surface area contributed by atoms with Crippen LogP contribution in [0.4, 0.5) is 4.79 Å². The Hall–Kier alpha value is -3.12. The van der Waals surface area contributed by atoms with Gasteiger partial charge in [-0.05, 0) is 87.5 Å². The van der Waals surface area contributed by atoms with E-state index in [1.165, 1.54) is 0 Å². The van der Waals surface area contributed by atoms with Crippen molar-refractivity contribution in [3.05, 3.63) is 60.2 Å². The number of carbonyl (C=O) groups is 2. The molecule has 202 valence electrons. The average molecular weight is 516 g/mol. The number of nitrogens with zero attached hydrogens (tertiary/aromatic N) is 3. The smallest absolute Gasteiger partial charge is 0.410 e. The van der Waals surface area contributed by atoms with Gasteiger partial charge in [0.15, 0.2) is 0 Å². The fraction of sp³-hybridized carbons (Fsp3) is 0.500. The number of hydrogen-bond acceptors (Lipinski definition) is 4. The number of fused-ring (bicyclic) bond motifs is 2. The van der Waals surface area contributed by atoms with Crippen LogP contribution in [-0.2, 0) is 4.74 Å². The van der Waals surface area contributed by atoms with Crippen molar-refractivity contribution in [1.82, 2.24) is 14.7 Å². The number of ether oxygens (including phenoxy) is 1. The summed E-state index contributed by atoms with van der Waals surface area (Å²) in [6.45, 7) is 11.4. The van der Waals surface area contributed by atoms with Gasteiger partial charge in [0.05, 0.1) is 5.56 Å². The van der Waals surface area contributed by atoms with E-state index in [2.05, 4.69) is 35.2 Å². The maximum Gasteiger partial charge on any atom is 0.410 e. The first-order valence-electron chi connectivity index (χ1n) is 14.3. The van der Waals surface area contributed by atoms with E-state index in [1.807, 2.05) is 61.8 Å². The van der Waals surface area contributed by atoms with Gasteiger partial charge in [0.1, 0.15) is 6.10 Å². The number of hydrogen-bond donors (Lipinski definition) is 0. The molecule has 6 nitrogen and oxygen atoms in total. The van der Waals surface area contributed by atoms with Gasteiger partial charge in [0.2, 0.25) is 0 Å². The highest BCUT2D eigenvalue weighted by Gasteiger charge is 2.33. The van der Waals surface area contributed by atoms with Gasteiger partial charge >= 0.3 is 6.09 Å². The molecule has 0 radical (unpaired) electrons. The minimum absolute atomic E-state index is 0.0713. The molecular weight excluding hydrogens is 474 g/mol. The minimum atomic E-state index is -0.204. The van der Waals surface area contributed by atoms with E-state index in [1.54, 1.807) is 0 Å². The van der Waals surface area contributed by atoms with E-state index >= 15 is 0 Å². The predicted molar refractivity (Wildman–Crippen MR) is 154 cm³/mol. The molecule has 2 heterocycles. The monoisotopic (exact) mass is 515 g/mol. The van der Waals surface area contributed by atoms with Crippen molar-refractivity contribution in [3.8, 4) is 0 Å². The lowest BCUT2D eigenvalue weighted by atomic mass is 9.94. The zero-order chi connectivity index (χ0) is 26.8. The number of rotatable bonds is 5. The lowest BCUT2D eigenvalue weighted by Gasteiger charge is -2.42. The lowest BCUT2D eigenvalue weighted by Crippen LogP contribution is -2.52. The molecule has 0 bridgehead atoms. The molecule has 6 heteroatoms. The Bertz CT molecular complexity index is 1230. The fourth-order valence-corrected chi connectivity index (χ4v) is 6.45. The number of amides is 2. The van der Waals surface area contributed by atoms with Crippen molar-refractivity contribution in [1.29, 1.82) is 0 Å². The summed E-state index contributed by atoms with van der Waals surface area (Å²) in [5, 5.41) is 4.25. The first-order chi connectivity index (χ1) is 18.3. The molecule has 0 unspecified atom stereocenters. The highest BCUT2D eigenvalue weighted by Crippen LogP contribution is 2.31. The van der Waals surface area contributed by atoms with Crippen molar-refractivity contribution in [2.24, 2.45) is 0 Å². The van der Waals surface area contributed by atoms with Gasteiger partial charge < -0.3 is 14.5 Å². The Morgan fingerprint density at radius 2 is 1.42 bits per heavy atom. The van der Waals surface area contributed by atoms with Crippen LogP contribution in [0.15, 0.2) is 54.6 Å². The zero-order valence-corrected chi connectivity index (χ0v) is 23.2. The molecule has 0 N–H and O–H groups in total. The summed E-state index contributed by atoms with van der Waals surface area (Å²) >= 11 is 0. The molecule has 2 aliphatic rings. The zero-order valence-electron chi connectivity index (χ0n) is 23.2. The van der Waals surface area contributed by atoms with Crippen LogP contribution < -0.4 is 0 Å². The van der Waals surface area contributed by atoms with Crippen LogP contribution in [0.3, 0.4) is 0 Å². The molecular formula is C32H41N3O3. The Kier molecular flexibility index (Phi) is 7.89. The molecule has 0 spiro atoms. The number of carbonyl (C=O) groups excluding carboxylic acids is 2. The number of likely N-dealkylation sites (tertiary alicyclic amines) is 2. The van der Waals surface area contributed by atoms with E-state index in [0.717, 1.165) is 79.0 Å². The van der Waals surface area contributed by atoms with Crippen LogP contribution >= 0.6 is 0 Å². The van der Waals surface area contributed by atoms with Crippen LogP contribution in [0, 0.1) is 0 Å². The fourth-order valence-electron chi connectivity index (χ4n) is 6.45. The van der Waals surface area contributed by atoms with E-state index < -0.39 is 0 Å². The standard InChI is InChI=1S/C32H41N3O3/c1-22(2)35(23(3)4)32(37)38-27-12-9-17-34(21-27)26-15-18-33(19-16-26)31(36)30-28-13-7-5-10-24(28)20-25-11-6-8-14-29(25)30/h5-8,10-11,13-14,20,22-23,26-27H,9,12,15-19,21H2,1-4H3/t27-/m1/s1. The van der Waals surface area contributed by atoms with Gasteiger partial charge in [-0.2, -0.15) is 0 Å². The van der Waals surface area contributed by atoms with E-state index in [0.29, 0.717) is 6.04 Å². The molecule has 3 aromatic rings. The maximum absolute atomic E-state index is 13.9. The molecule has 3 aromatic carbocycles. The van der Waals surface area contributed by atoms with Gasteiger partial charge in [-0.25, -0.2) is 4.79 Å². The minimum Gasteiger partial charge on any atom is -0.445 e. The summed E-state index contributed by atoms with van der Waals surface area (Å²) in [6.07, 6.45) is 3.56. The quantitative estimate of drug-likeness (QED) is 0.373. The molecule has 2 amide bonds. The third-order valence-corrected chi connectivity index (χ3v) is 8.25. The molecule has 0 saturated carbocycles. The predicted octanol–water partition coefficient (Wildman–Crippen LogP) is 6.32. The van der Waals surface area contributed by atoms with Crippen molar-refractivity contribution < 1.29 is 14.3 Å². The second-order valence-corrected chi connectivity index (χ2v) is 11.5. The van der Waals surface area contributed by atoms with Crippen molar-refractivity contribution in [2.45, 2.75) is 77.6 Å². The Morgan fingerprint density at radius 1 is 0.842 bits per heavy atom. The van der Waals surface area contributed by atoms with Crippen molar-refractivity contribution in [2.75, 3.05) is 26.2 Å². The van der Waals surface area contributed by atoms with Gasteiger partial charge in [0.25, 0.3) is 5.91 Å². The SMILES string of the molecule is CC(C)N(C(=O)O[C@@H]1CCCN(C2CCN(C(=O)c3c4ccccc4cc4ccccc34)CC2)C1)C(C)C. The van der Waals surface area contributed by atoms with E-state index in [-0.39, 0.29) is 30.2 Å². The summed E-state index contributed by atoms with van der Waals surface area (Å²) in [7, 11) is 0. The molecule has 38 heavy (non-hydrogen) atoms. The molecule has 2 fully saturated rings. The van der Waals surface area contributed by atoms with Crippen molar-refractivity contribution >= 4 is 33.5 Å².